The van der Waals surface area contributed by atoms with Gasteiger partial charge in [-0.15, -0.1) is 0 Å². The maximum Gasteiger partial charge on any atom is 0.343 e. The van der Waals surface area contributed by atoms with E-state index in [0.717, 1.165) is 0 Å². The van der Waals surface area contributed by atoms with Crippen LogP contribution in [0.3, 0.4) is 0 Å². The molecule has 1 atom stereocenters. The number of carbonyl (C=O) groups excluding carboxylic acids is 2. The fourth-order valence-corrected chi connectivity index (χ4v) is 1.62. The van der Waals surface area contributed by atoms with E-state index in [9.17, 15) is 9.59 Å². The lowest BCUT2D eigenvalue weighted by Gasteiger charge is -2.15. The molecule has 0 aliphatic carbocycles. The molecule has 1 aromatic carbocycles. The summed E-state index contributed by atoms with van der Waals surface area (Å²) in [6.45, 7) is 2.26. The van der Waals surface area contributed by atoms with Crippen LogP contribution in [-0.2, 0) is 19.0 Å². The number of ether oxygens (including phenoxy) is 4. The van der Waals surface area contributed by atoms with E-state index in [4.69, 9.17) is 18.9 Å². The lowest BCUT2D eigenvalue weighted by Crippen LogP contribution is -2.35. The summed E-state index contributed by atoms with van der Waals surface area (Å²) in [5.74, 6) is -0.527. The van der Waals surface area contributed by atoms with Gasteiger partial charge in [0.1, 0.15) is 5.75 Å². The van der Waals surface area contributed by atoms with Gasteiger partial charge >= 0.3 is 5.97 Å². The molecule has 0 heterocycles. The third kappa shape index (κ3) is 5.17. The van der Waals surface area contributed by atoms with Crippen molar-refractivity contribution < 1.29 is 28.5 Å². The first-order valence-corrected chi connectivity index (χ1v) is 6.59. The molecule has 6 heteroatoms. The maximum atomic E-state index is 12.3. The number of ketones is 1. The smallest absolute Gasteiger partial charge is 0.343 e. The minimum atomic E-state index is -1.28. The number of hydrogen-bond donors (Lipinski definition) is 0. The van der Waals surface area contributed by atoms with Crippen LogP contribution in [0.5, 0.6) is 5.75 Å². The van der Waals surface area contributed by atoms with E-state index < -0.39 is 17.9 Å². The Balaban J connectivity index is 2.83. The van der Waals surface area contributed by atoms with Gasteiger partial charge in [0.15, 0.2) is 0 Å². The summed E-state index contributed by atoms with van der Waals surface area (Å²) >= 11 is 0. The van der Waals surface area contributed by atoms with Gasteiger partial charge in [0.2, 0.25) is 11.9 Å². The largest absolute Gasteiger partial charge is 0.497 e. The van der Waals surface area contributed by atoms with E-state index in [2.05, 4.69) is 0 Å². The molecular formula is C15H20O6. The number of carbonyl (C=O) groups is 2. The Morgan fingerprint density at radius 3 is 2.29 bits per heavy atom. The van der Waals surface area contributed by atoms with Crippen LogP contribution in [0.2, 0.25) is 0 Å². The van der Waals surface area contributed by atoms with Crippen molar-refractivity contribution in [3.63, 3.8) is 0 Å². The lowest BCUT2D eigenvalue weighted by atomic mass is 10.1. The van der Waals surface area contributed by atoms with Gasteiger partial charge in [-0.1, -0.05) is 0 Å². The Morgan fingerprint density at radius 1 is 1.10 bits per heavy atom. The summed E-state index contributed by atoms with van der Waals surface area (Å²) in [5, 5.41) is 0. The monoisotopic (exact) mass is 296 g/mol. The van der Waals surface area contributed by atoms with Gasteiger partial charge < -0.3 is 18.9 Å². The average Bonchev–Trinajstić information content (AvgIpc) is 2.51. The average molecular weight is 296 g/mol. The molecule has 0 saturated heterocycles. The topological polar surface area (TPSA) is 71.1 Å². The maximum absolute atomic E-state index is 12.3. The van der Waals surface area contributed by atoms with Crippen molar-refractivity contribution in [3.05, 3.63) is 29.8 Å². The van der Waals surface area contributed by atoms with Crippen molar-refractivity contribution in [2.45, 2.75) is 13.0 Å². The van der Waals surface area contributed by atoms with Crippen LogP contribution in [0.4, 0.5) is 0 Å². The number of hydrogen-bond acceptors (Lipinski definition) is 6. The number of Topliss-reactive ketones (excluding diaryl/α,β-unsaturated/α-hetero) is 1. The second kappa shape index (κ2) is 9.10. The predicted molar refractivity (Wildman–Crippen MR) is 75.6 cm³/mol. The second-order valence-corrected chi connectivity index (χ2v) is 4.09. The van der Waals surface area contributed by atoms with E-state index in [-0.39, 0.29) is 19.8 Å². The molecular weight excluding hydrogens is 276 g/mol. The molecule has 1 rings (SSSR count). The van der Waals surface area contributed by atoms with Crippen molar-refractivity contribution in [1.82, 2.24) is 0 Å². The molecule has 6 nitrogen and oxygen atoms in total. The molecule has 0 spiro atoms. The van der Waals surface area contributed by atoms with Crippen LogP contribution in [0.15, 0.2) is 24.3 Å². The number of benzene rings is 1. The van der Waals surface area contributed by atoms with Crippen molar-refractivity contribution in [2.75, 3.05) is 34.0 Å². The van der Waals surface area contributed by atoms with Crippen LogP contribution in [0.1, 0.15) is 17.3 Å². The fourth-order valence-electron chi connectivity index (χ4n) is 1.62. The van der Waals surface area contributed by atoms with Crippen LogP contribution in [-0.4, -0.2) is 51.9 Å². The Bertz CT molecular complexity index is 454. The van der Waals surface area contributed by atoms with Crippen molar-refractivity contribution >= 4 is 11.8 Å². The molecule has 0 aromatic heterocycles. The summed E-state index contributed by atoms with van der Waals surface area (Å²) in [5.41, 5.74) is 0.353. The Morgan fingerprint density at radius 2 is 1.76 bits per heavy atom. The zero-order valence-corrected chi connectivity index (χ0v) is 12.5. The summed E-state index contributed by atoms with van der Waals surface area (Å²) < 4.78 is 20.0. The normalized spacial score (nSPS) is 11.8. The fraction of sp³-hybridized carbons (Fsp3) is 0.467. The Kier molecular flexibility index (Phi) is 7.42. The Labute approximate surface area is 123 Å². The van der Waals surface area contributed by atoms with Crippen molar-refractivity contribution in [1.29, 1.82) is 0 Å². The summed E-state index contributed by atoms with van der Waals surface area (Å²) in [4.78, 5) is 24.2. The van der Waals surface area contributed by atoms with Crippen molar-refractivity contribution in [2.24, 2.45) is 0 Å². The molecule has 1 aromatic rings. The van der Waals surface area contributed by atoms with Crippen LogP contribution < -0.4 is 4.74 Å². The molecule has 0 bridgehead atoms. The molecule has 0 aliphatic heterocycles. The zero-order valence-electron chi connectivity index (χ0n) is 12.5. The first-order valence-electron chi connectivity index (χ1n) is 6.59. The highest BCUT2D eigenvalue weighted by atomic mass is 16.6. The van der Waals surface area contributed by atoms with E-state index in [1.165, 1.54) is 14.2 Å². The van der Waals surface area contributed by atoms with Gasteiger partial charge in [0.25, 0.3) is 0 Å². The summed E-state index contributed by atoms with van der Waals surface area (Å²) in [7, 11) is 3.04. The molecule has 0 N–H and O–H groups in total. The van der Waals surface area contributed by atoms with E-state index in [0.29, 0.717) is 11.3 Å². The van der Waals surface area contributed by atoms with Gasteiger partial charge in [-0.2, -0.15) is 0 Å². The highest BCUT2D eigenvalue weighted by Gasteiger charge is 2.29. The number of rotatable bonds is 9. The van der Waals surface area contributed by atoms with Gasteiger partial charge in [0, 0.05) is 12.7 Å². The number of esters is 1. The van der Waals surface area contributed by atoms with Crippen LogP contribution in [0, 0.1) is 0 Å². The summed E-state index contributed by atoms with van der Waals surface area (Å²) in [6.07, 6.45) is -1.28. The van der Waals surface area contributed by atoms with Gasteiger partial charge in [-0.25, -0.2) is 4.79 Å². The van der Waals surface area contributed by atoms with E-state index in [1.54, 1.807) is 31.2 Å². The van der Waals surface area contributed by atoms with Gasteiger partial charge in [-0.05, 0) is 31.2 Å². The van der Waals surface area contributed by atoms with Crippen LogP contribution in [0.25, 0.3) is 0 Å². The van der Waals surface area contributed by atoms with Gasteiger partial charge in [-0.3, -0.25) is 4.79 Å². The molecule has 0 aliphatic rings. The van der Waals surface area contributed by atoms with Crippen LogP contribution >= 0.6 is 0 Å². The van der Waals surface area contributed by atoms with Gasteiger partial charge in [0.05, 0.1) is 26.9 Å². The second-order valence-electron chi connectivity index (χ2n) is 4.09. The highest BCUT2D eigenvalue weighted by molar-refractivity contribution is 6.11. The van der Waals surface area contributed by atoms with Crippen molar-refractivity contribution in [3.8, 4) is 5.75 Å². The molecule has 0 saturated carbocycles. The molecule has 1 unspecified atom stereocenters. The predicted octanol–water partition coefficient (Wildman–Crippen LogP) is 1.47. The third-order valence-electron chi connectivity index (χ3n) is 2.69. The molecule has 116 valence electrons. The minimum Gasteiger partial charge on any atom is -0.497 e. The molecule has 0 amide bonds. The minimum absolute atomic E-state index is 0.127. The molecule has 0 fully saturated rings. The lowest BCUT2D eigenvalue weighted by molar-refractivity contribution is -0.153. The third-order valence-corrected chi connectivity index (χ3v) is 2.69. The molecule has 21 heavy (non-hydrogen) atoms. The SMILES string of the molecule is CCOC(=O)C(OCCOC)C(=O)c1ccc(OC)cc1. The first-order chi connectivity index (χ1) is 10.1. The highest BCUT2D eigenvalue weighted by Crippen LogP contribution is 2.14. The number of methoxy groups -OCH3 is 2. The zero-order chi connectivity index (χ0) is 15.7. The quantitative estimate of drug-likeness (QED) is 0.297. The standard InChI is InChI=1S/C15H20O6/c1-4-20-15(17)14(21-10-9-18-2)13(16)11-5-7-12(19-3)8-6-11/h5-8,14H,4,9-10H2,1-3H3. The van der Waals surface area contributed by atoms with E-state index >= 15 is 0 Å². The van der Waals surface area contributed by atoms with E-state index in [1.807, 2.05) is 0 Å². The summed E-state index contributed by atoms with van der Waals surface area (Å²) in [6, 6.07) is 6.44. The Hall–Kier alpha value is -1.92. The molecule has 0 radical (unpaired) electrons. The first kappa shape index (κ1) is 17.1.